The van der Waals surface area contributed by atoms with Gasteiger partial charge in [0.2, 0.25) is 5.91 Å². The molecule has 8 nitrogen and oxygen atoms in total. The van der Waals surface area contributed by atoms with Crippen molar-refractivity contribution in [1.29, 1.82) is 0 Å². The van der Waals surface area contributed by atoms with Gasteiger partial charge in [0.05, 0.1) is 33.9 Å². The van der Waals surface area contributed by atoms with Crippen LogP contribution in [-0.4, -0.2) is 86.5 Å². The number of ketones is 1. The third kappa shape index (κ3) is 7.68. The van der Waals surface area contributed by atoms with Gasteiger partial charge in [-0.2, -0.15) is 0 Å². The third-order valence-electron chi connectivity index (χ3n) is 7.98. The SMILES string of the molecule is COc1ccc(C(=O)CCCCCC(=O)NC(C[N+]2(C)CCCC2)C(O)C2=CC=C3OCCOC3C2)cc1. The van der Waals surface area contributed by atoms with Crippen LogP contribution in [0.5, 0.6) is 5.75 Å². The van der Waals surface area contributed by atoms with Gasteiger partial charge in [0.1, 0.15) is 42.9 Å². The van der Waals surface area contributed by atoms with Crippen molar-refractivity contribution < 1.29 is 33.4 Å². The molecule has 1 aromatic rings. The van der Waals surface area contributed by atoms with Crippen molar-refractivity contribution in [2.75, 3.05) is 47.0 Å². The number of rotatable bonds is 13. The van der Waals surface area contributed by atoms with E-state index in [1.165, 1.54) is 12.8 Å². The summed E-state index contributed by atoms with van der Waals surface area (Å²) in [5.41, 5.74) is 1.56. The largest absolute Gasteiger partial charge is 0.497 e. The predicted molar refractivity (Wildman–Crippen MR) is 145 cm³/mol. The quantitative estimate of drug-likeness (QED) is 0.232. The fraction of sp³-hybridized carbons (Fsp3) is 0.600. The molecule has 3 atom stereocenters. The number of hydrogen-bond acceptors (Lipinski definition) is 6. The van der Waals surface area contributed by atoms with E-state index >= 15 is 0 Å². The van der Waals surface area contributed by atoms with Crippen molar-refractivity contribution >= 4 is 11.7 Å². The van der Waals surface area contributed by atoms with Crippen LogP contribution in [-0.2, 0) is 14.3 Å². The lowest BCUT2D eigenvalue weighted by atomic mass is 9.91. The second-order valence-corrected chi connectivity index (χ2v) is 11.0. The van der Waals surface area contributed by atoms with Gasteiger partial charge < -0.3 is 29.1 Å². The monoisotopic (exact) mass is 527 g/mol. The molecular formula is C30H43N2O6+. The fourth-order valence-corrected chi connectivity index (χ4v) is 5.72. The molecule has 2 fully saturated rings. The first-order valence-electron chi connectivity index (χ1n) is 14.0. The lowest BCUT2D eigenvalue weighted by molar-refractivity contribution is -0.899. The summed E-state index contributed by atoms with van der Waals surface area (Å²) in [5, 5.41) is 14.6. The number of carbonyl (C=O) groups is 2. The second kappa shape index (κ2) is 13.4. The van der Waals surface area contributed by atoms with Gasteiger partial charge in [0, 0.05) is 37.7 Å². The van der Waals surface area contributed by atoms with Crippen molar-refractivity contribution in [2.24, 2.45) is 0 Å². The molecule has 0 spiro atoms. The highest BCUT2D eigenvalue weighted by Gasteiger charge is 2.37. The van der Waals surface area contributed by atoms with Crippen LogP contribution in [0.2, 0.25) is 0 Å². The smallest absolute Gasteiger partial charge is 0.220 e. The molecular weight excluding hydrogens is 484 g/mol. The number of carbonyl (C=O) groups excluding carboxylic acids is 2. The van der Waals surface area contributed by atoms with E-state index in [1.807, 2.05) is 12.2 Å². The maximum Gasteiger partial charge on any atom is 0.220 e. The van der Waals surface area contributed by atoms with Crippen molar-refractivity contribution in [3.05, 3.63) is 53.3 Å². The summed E-state index contributed by atoms with van der Waals surface area (Å²) in [6.07, 6.45) is 8.89. The first-order chi connectivity index (χ1) is 18.4. The highest BCUT2D eigenvalue weighted by Crippen LogP contribution is 2.29. The number of amides is 1. The number of methoxy groups -OCH3 is 1. The third-order valence-corrected chi connectivity index (χ3v) is 7.98. The number of likely N-dealkylation sites (N-methyl/N-ethyl adjacent to an activating group) is 1. The molecule has 2 N–H and O–H groups in total. The number of benzene rings is 1. The lowest BCUT2D eigenvalue weighted by Gasteiger charge is -2.37. The summed E-state index contributed by atoms with van der Waals surface area (Å²) in [7, 11) is 3.81. The van der Waals surface area contributed by atoms with Gasteiger partial charge in [-0.15, -0.1) is 0 Å². The van der Waals surface area contributed by atoms with E-state index in [-0.39, 0.29) is 23.8 Å². The minimum absolute atomic E-state index is 0.0498. The highest BCUT2D eigenvalue weighted by atomic mass is 16.6. The average Bonchev–Trinajstić information content (AvgIpc) is 3.37. The Hall–Kier alpha value is -2.68. The van der Waals surface area contributed by atoms with Gasteiger partial charge in [-0.1, -0.05) is 12.5 Å². The summed E-state index contributed by atoms with van der Waals surface area (Å²) in [6, 6.07) is 6.79. The summed E-state index contributed by atoms with van der Waals surface area (Å²) in [5.74, 6) is 1.60. The molecule has 2 aliphatic heterocycles. The molecule has 0 saturated carbocycles. The molecule has 3 unspecified atom stereocenters. The number of nitrogens with zero attached hydrogens (tertiary/aromatic N) is 1. The Balaban J connectivity index is 1.27. The summed E-state index contributed by atoms with van der Waals surface area (Å²) in [6.45, 7) is 3.91. The number of nitrogens with one attached hydrogen (secondary N) is 1. The molecule has 2 heterocycles. The molecule has 4 rings (SSSR count). The highest BCUT2D eigenvalue weighted by molar-refractivity contribution is 5.96. The molecule has 0 radical (unpaired) electrons. The van der Waals surface area contributed by atoms with E-state index in [0.717, 1.165) is 47.5 Å². The number of aliphatic hydroxyl groups excluding tert-OH is 1. The van der Waals surface area contributed by atoms with Gasteiger partial charge in [0.25, 0.3) is 0 Å². The molecule has 1 amide bonds. The van der Waals surface area contributed by atoms with Crippen LogP contribution in [0.3, 0.4) is 0 Å². The topological polar surface area (TPSA) is 94.1 Å². The van der Waals surface area contributed by atoms with E-state index in [4.69, 9.17) is 14.2 Å². The zero-order valence-electron chi connectivity index (χ0n) is 22.8. The van der Waals surface area contributed by atoms with Crippen LogP contribution in [0.4, 0.5) is 0 Å². The zero-order chi connectivity index (χ0) is 27.0. The van der Waals surface area contributed by atoms with Crippen LogP contribution in [0, 0.1) is 0 Å². The molecule has 208 valence electrons. The first kappa shape index (κ1) is 28.3. The molecule has 1 aromatic carbocycles. The molecule has 0 aromatic heterocycles. The number of allylic oxidation sites excluding steroid dienone is 2. The number of ether oxygens (including phenoxy) is 3. The normalized spacial score (nSPS) is 21.8. The Morgan fingerprint density at radius 1 is 1.08 bits per heavy atom. The number of fused-ring (bicyclic) bond motifs is 1. The number of unbranched alkanes of at least 4 members (excludes halogenated alkanes) is 2. The fourth-order valence-electron chi connectivity index (χ4n) is 5.72. The summed E-state index contributed by atoms with van der Waals surface area (Å²) >= 11 is 0. The molecule has 3 aliphatic rings. The Kier molecular flexibility index (Phi) is 9.99. The van der Waals surface area contributed by atoms with Gasteiger partial charge >= 0.3 is 0 Å². The van der Waals surface area contributed by atoms with Gasteiger partial charge in [-0.05, 0) is 48.8 Å². The van der Waals surface area contributed by atoms with E-state index in [2.05, 4.69) is 12.4 Å². The Labute approximate surface area is 226 Å². The van der Waals surface area contributed by atoms with E-state index in [9.17, 15) is 14.7 Å². The molecule has 38 heavy (non-hydrogen) atoms. The minimum atomic E-state index is -0.778. The zero-order valence-corrected chi connectivity index (χ0v) is 22.8. The van der Waals surface area contributed by atoms with Crippen molar-refractivity contribution in [3.63, 3.8) is 0 Å². The standard InChI is InChI=1S/C30H42N2O6/c1-32(16-6-7-17-32)21-25(30(35)23-12-15-27-28(20-23)38-19-18-37-27)31-29(34)9-5-3-4-8-26(33)22-10-13-24(36-2)14-11-22/h10-15,25,28,30,35H,3-9,16-21H2,1-2H3/p+1. The second-order valence-electron chi connectivity index (χ2n) is 11.0. The maximum absolute atomic E-state index is 12.9. The first-order valence-corrected chi connectivity index (χ1v) is 14.0. The summed E-state index contributed by atoms with van der Waals surface area (Å²) in [4.78, 5) is 25.4. The maximum atomic E-state index is 12.9. The summed E-state index contributed by atoms with van der Waals surface area (Å²) < 4.78 is 17.5. The number of likely N-dealkylation sites (tertiary alicyclic amines) is 1. The Morgan fingerprint density at radius 2 is 1.82 bits per heavy atom. The lowest BCUT2D eigenvalue weighted by Crippen LogP contribution is -2.56. The van der Waals surface area contributed by atoms with Crippen LogP contribution in [0.1, 0.15) is 61.7 Å². The van der Waals surface area contributed by atoms with E-state index < -0.39 is 6.10 Å². The predicted octanol–water partition coefficient (Wildman–Crippen LogP) is 3.54. The Bertz CT molecular complexity index is 1010. The van der Waals surface area contributed by atoms with Crippen LogP contribution >= 0.6 is 0 Å². The van der Waals surface area contributed by atoms with Crippen LogP contribution in [0.25, 0.3) is 0 Å². The van der Waals surface area contributed by atoms with E-state index in [0.29, 0.717) is 51.0 Å². The molecule has 8 heteroatoms. The molecule has 2 saturated heterocycles. The molecule has 0 bridgehead atoms. The van der Waals surface area contributed by atoms with Crippen LogP contribution < -0.4 is 10.1 Å². The molecule has 1 aliphatic carbocycles. The number of aliphatic hydroxyl groups is 1. The van der Waals surface area contributed by atoms with Gasteiger partial charge in [-0.3, -0.25) is 9.59 Å². The van der Waals surface area contributed by atoms with Crippen LogP contribution in [0.15, 0.2) is 47.7 Å². The Morgan fingerprint density at radius 3 is 2.55 bits per heavy atom. The average molecular weight is 528 g/mol. The van der Waals surface area contributed by atoms with E-state index in [1.54, 1.807) is 31.4 Å². The van der Waals surface area contributed by atoms with Gasteiger partial charge in [-0.25, -0.2) is 0 Å². The minimum Gasteiger partial charge on any atom is -0.497 e. The number of quaternary nitrogens is 1. The van der Waals surface area contributed by atoms with Gasteiger partial charge in [0.15, 0.2) is 5.78 Å². The van der Waals surface area contributed by atoms with Crippen molar-refractivity contribution in [2.45, 2.75) is 69.6 Å². The van der Waals surface area contributed by atoms with Crippen molar-refractivity contribution in [3.8, 4) is 5.75 Å². The van der Waals surface area contributed by atoms with Crippen molar-refractivity contribution in [1.82, 2.24) is 5.32 Å². The number of hydrogen-bond donors (Lipinski definition) is 2. The number of Topliss-reactive ketones (excluding diaryl/α,β-unsaturated/α-hetero) is 1.